The highest BCUT2D eigenvalue weighted by Gasteiger charge is 2.23. The lowest BCUT2D eigenvalue weighted by Gasteiger charge is -2.01. The van der Waals surface area contributed by atoms with Crippen molar-refractivity contribution in [3.05, 3.63) is 71.9 Å². The Kier molecular flexibility index (Phi) is 2.86. The molecule has 1 amide bonds. The van der Waals surface area contributed by atoms with Crippen LogP contribution in [0.3, 0.4) is 0 Å². The van der Waals surface area contributed by atoms with E-state index in [-0.39, 0.29) is 5.91 Å². The number of amides is 1. The van der Waals surface area contributed by atoms with Crippen molar-refractivity contribution in [2.45, 2.75) is 0 Å². The highest BCUT2D eigenvalue weighted by molar-refractivity contribution is 6.35. The summed E-state index contributed by atoms with van der Waals surface area (Å²) in [5.74, 6) is -0.0820. The van der Waals surface area contributed by atoms with Gasteiger partial charge < -0.3 is 5.32 Å². The predicted octanol–water partition coefficient (Wildman–Crippen LogP) is 3.57. The number of benzene rings is 2. The van der Waals surface area contributed by atoms with Gasteiger partial charge in [0.15, 0.2) is 0 Å². The average Bonchev–Trinajstić information content (AvgIpc) is 3.14. The molecule has 1 aliphatic heterocycles. The van der Waals surface area contributed by atoms with Gasteiger partial charge in [0.25, 0.3) is 5.91 Å². The Hall–Kier alpha value is -3.14. The summed E-state index contributed by atoms with van der Waals surface area (Å²) in [6.45, 7) is 0. The second-order valence-corrected chi connectivity index (χ2v) is 5.12. The molecule has 106 valence electrons. The fourth-order valence-electron chi connectivity index (χ4n) is 2.68. The zero-order valence-corrected chi connectivity index (χ0v) is 11.7. The van der Waals surface area contributed by atoms with Gasteiger partial charge in [-0.3, -0.25) is 9.89 Å². The third-order valence-corrected chi connectivity index (χ3v) is 3.74. The predicted molar refractivity (Wildman–Crippen MR) is 87.0 cm³/mol. The Morgan fingerprint density at radius 3 is 2.59 bits per heavy atom. The molecule has 2 heterocycles. The molecule has 0 aliphatic carbocycles. The SMILES string of the molecule is O=C1Nc2ccccc2/C1=C/c1cn[nH]c1-c1ccccc1. The molecule has 4 heteroatoms. The Bertz CT molecular complexity index is 878. The number of hydrogen-bond donors (Lipinski definition) is 2. The molecule has 0 saturated carbocycles. The fourth-order valence-corrected chi connectivity index (χ4v) is 2.68. The van der Waals surface area contributed by atoms with Crippen LogP contribution in [0.5, 0.6) is 0 Å². The molecule has 1 aliphatic rings. The minimum atomic E-state index is -0.0820. The van der Waals surface area contributed by atoms with E-state index in [1.54, 1.807) is 6.20 Å². The number of anilines is 1. The van der Waals surface area contributed by atoms with Crippen LogP contribution in [0.15, 0.2) is 60.8 Å². The lowest BCUT2D eigenvalue weighted by atomic mass is 10.0. The highest BCUT2D eigenvalue weighted by Crippen LogP contribution is 2.34. The number of carbonyl (C=O) groups is 1. The average molecular weight is 287 g/mol. The van der Waals surface area contributed by atoms with Gasteiger partial charge in [-0.25, -0.2) is 0 Å². The van der Waals surface area contributed by atoms with Crippen LogP contribution < -0.4 is 5.32 Å². The fraction of sp³-hybridized carbons (Fsp3) is 0. The maximum atomic E-state index is 12.2. The van der Waals surface area contributed by atoms with E-state index in [0.717, 1.165) is 28.1 Å². The van der Waals surface area contributed by atoms with Crippen LogP contribution >= 0.6 is 0 Å². The summed E-state index contributed by atoms with van der Waals surface area (Å²) in [4.78, 5) is 12.2. The van der Waals surface area contributed by atoms with Crippen molar-refractivity contribution in [1.82, 2.24) is 10.2 Å². The van der Waals surface area contributed by atoms with Gasteiger partial charge in [-0.15, -0.1) is 0 Å². The van der Waals surface area contributed by atoms with E-state index in [1.807, 2.05) is 60.7 Å². The quantitative estimate of drug-likeness (QED) is 0.708. The number of carbonyl (C=O) groups excluding carboxylic acids is 1. The minimum absolute atomic E-state index is 0.0820. The van der Waals surface area contributed by atoms with Crippen LogP contribution in [0.25, 0.3) is 22.9 Å². The molecule has 0 fully saturated rings. The molecule has 2 aromatic carbocycles. The van der Waals surface area contributed by atoms with Crippen LogP contribution in [0.2, 0.25) is 0 Å². The smallest absolute Gasteiger partial charge is 0.256 e. The Morgan fingerprint density at radius 2 is 1.73 bits per heavy atom. The first kappa shape index (κ1) is 12.6. The molecule has 4 rings (SSSR count). The van der Waals surface area contributed by atoms with Crippen LogP contribution in [-0.2, 0) is 4.79 Å². The van der Waals surface area contributed by atoms with Gasteiger partial charge in [0.05, 0.1) is 11.9 Å². The van der Waals surface area contributed by atoms with E-state index in [9.17, 15) is 4.79 Å². The number of aromatic nitrogens is 2. The van der Waals surface area contributed by atoms with Crippen molar-refractivity contribution in [3.8, 4) is 11.3 Å². The van der Waals surface area contributed by atoms with E-state index in [0.29, 0.717) is 5.57 Å². The minimum Gasteiger partial charge on any atom is -0.321 e. The van der Waals surface area contributed by atoms with Crippen molar-refractivity contribution < 1.29 is 4.79 Å². The third kappa shape index (κ3) is 2.02. The summed E-state index contributed by atoms with van der Waals surface area (Å²) in [7, 11) is 0. The van der Waals surface area contributed by atoms with E-state index in [4.69, 9.17) is 0 Å². The zero-order chi connectivity index (χ0) is 14.9. The molecule has 0 spiro atoms. The number of nitrogens with zero attached hydrogens (tertiary/aromatic N) is 1. The van der Waals surface area contributed by atoms with Crippen molar-refractivity contribution in [2.75, 3.05) is 5.32 Å². The van der Waals surface area contributed by atoms with Gasteiger partial charge in [0.2, 0.25) is 0 Å². The van der Waals surface area contributed by atoms with Crippen molar-refractivity contribution in [1.29, 1.82) is 0 Å². The van der Waals surface area contributed by atoms with Crippen LogP contribution in [-0.4, -0.2) is 16.1 Å². The van der Waals surface area contributed by atoms with Crippen molar-refractivity contribution in [2.24, 2.45) is 0 Å². The first-order valence-corrected chi connectivity index (χ1v) is 7.04. The number of fused-ring (bicyclic) bond motifs is 1. The van der Waals surface area contributed by atoms with E-state index < -0.39 is 0 Å². The molecule has 4 nitrogen and oxygen atoms in total. The summed E-state index contributed by atoms with van der Waals surface area (Å²) in [5.41, 5.74) is 5.28. The second-order valence-electron chi connectivity index (χ2n) is 5.12. The lowest BCUT2D eigenvalue weighted by molar-refractivity contribution is -0.110. The summed E-state index contributed by atoms with van der Waals surface area (Å²) in [6.07, 6.45) is 3.62. The van der Waals surface area contributed by atoms with Gasteiger partial charge >= 0.3 is 0 Å². The van der Waals surface area contributed by atoms with Crippen LogP contribution in [0, 0.1) is 0 Å². The van der Waals surface area contributed by atoms with Gasteiger partial charge in [0.1, 0.15) is 0 Å². The van der Waals surface area contributed by atoms with Crippen molar-refractivity contribution in [3.63, 3.8) is 0 Å². The number of aromatic amines is 1. The highest BCUT2D eigenvalue weighted by atomic mass is 16.2. The Morgan fingerprint density at radius 1 is 0.955 bits per heavy atom. The standard InChI is InChI=1S/C18H13N3O/c22-18-15(14-8-4-5-9-16(14)20-18)10-13-11-19-21-17(13)12-6-2-1-3-7-12/h1-11H,(H,19,21)(H,20,22)/b15-10-. The number of hydrogen-bond acceptors (Lipinski definition) is 2. The maximum absolute atomic E-state index is 12.2. The first-order valence-electron chi connectivity index (χ1n) is 7.04. The monoisotopic (exact) mass is 287 g/mol. The lowest BCUT2D eigenvalue weighted by Crippen LogP contribution is -2.03. The van der Waals surface area contributed by atoms with E-state index in [2.05, 4.69) is 15.5 Å². The first-order chi connectivity index (χ1) is 10.8. The Labute approximate surface area is 127 Å². The van der Waals surface area contributed by atoms with Gasteiger partial charge in [-0.05, 0) is 12.1 Å². The molecule has 2 N–H and O–H groups in total. The largest absolute Gasteiger partial charge is 0.321 e. The van der Waals surface area contributed by atoms with E-state index >= 15 is 0 Å². The summed E-state index contributed by atoms with van der Waals surface area (Å²) >= 11 is 0. The number of H-pyrrole nitrogens is 1. The van der Waals surface area contributed by atoms with E-state index in [1.165, 1.54) is 0 Å². The molecule has 3 aromatic rings. The maximum Gasteiger partial charge on any atom is 0.256 e. The molecular weight excluding hydrogens is 274 g/mol. The molecule has 0 saturated heterocycles. The molecular formula is C18H13N3O. The van der Waals surface area contributed by atoms with Crippen molar-refractivity contribution >= 4 is 23.2 Å². The van der Waals surface area contributed by atoms with Gasteiger partial charge in [0, 0.05) is 28.0 Å². The normalized spacial score (nSPS) is 14.9. The molecule has 0 bridgehead atoms. The summed E-state index contributed by atoms with van der Waals surface area (Å²) < 4.78 is 0. The van der Waals surface area contributed by atoms with Crippen LogP contribution in [0.1, 0.15) is 11.1 Å². The Balaban J connectivity index is 1.82. The zero-order valence-electron chi connectivity index (χ0n) is 11.7. The topological polar surface area (TPSA) is 57.8 Å². The molecule has 22 heavy (non-hydrogen) atoms. The molecule has 0 atom stereocenters. The van der Waals surface area contributed by atoms with Crippen LogP contribution in [0.4, 0.5) is 5.69 Å². The molecule has 0 unspecified atom stereocenters. The van der Waals surface area contributed by atoms with Gasteiger partial charge in [-0.2, -0.15) is 5.10 Å². The second kappa shape index (κ2) is 5.00. The third-order valence-electron chi connectivity index (χ3n) is 3.74. The number of para-hydroxylation sites is 1. The van der Waals surface area contributed by atoms with Gasteiger partial charge in [-0.1, -0.05) is 48.5 Å². The molecule has 1 aromatic heterocycles. The molecule has 0 radical (unpaired) electrons. The number of rotatable bonds is 2. The summed E-state index contributed by atoms with van der Waals surface area (Å²) in [6, 6.07) is 17.6. The summed E-state index contributed by atoms with van der Waals surface area (Å²) in [5, 5.41) is 10.0. The number of nitrogens with one attached hydrogen (secondary N) is 2.